The molecule has 3 aromatic rings. The lowest BCUT2D eigenvalue weighted by Crippen LogP contribution is -2.38. The van der Waals surface area contributed by atoms with Crippen LogP contribution < -0.4 is 10.1 Å². The molecule has 0 bridgehead atoms. The first kappa shape index (κ1) is 18.6. The fourth-order valence-electron chi connectivity index (χ4n) is 3.78. The van der Waals surface area contributed by atoms with Crippen LogP contribution in [0.1, 0.15) is 34.5 Å². The molecule has 28 heavy (non-hydrogen) atoms. The van der Waals surface area contributed by atoms with E-state index >= 15 is 0 Å². The number of nitrogens with one attached hydrogen (secondary N) is 1. The van der Waals surface area contributed by atoms with Crippen LogP contribution in [0.25, 0.3) is 0 Å². The Bertz CT molecular complexity index is 965. The molecule has 2 aromatic carbocycles. The maximum atomic E-state index is 12.2. The van der Waals surface area contributed by atoms with Crippen molar-refractivity contribution in [1.82, 2.24) is 4.90 Å². The van der Waals surface area contributed by atoms with Gasteiger partial charge in [0.2, 0.25) is 5.91 Å². The summed E-state index contributed by atoms with van der Waals surface area (Å²) in [6, 6.07) is 18.7. The number of carbonyl (C=O) groups excluding carboxylic acids is 1. The molecule has 144 valence electrons. The van der Waals surface area contributed by atoms with Crippen LogP contribution in [0.15, 0.2) is 60.0 Å². The van der Waals surface area contributed by atoms with Crippen molar-refractivity contribution in [2.45, 2.75) is 25.9 Å². The average Bonchev–Trinajstić information content (AvgIpc) is 3.21. The van der Waals surface area contributed by atoms with E-state index in [1.54, 1.807) is 25.4 Å². The van der Waals surface area contributed by atoms with E-state index in [1.165, 1.54) is 16.0 Å². The Morgan fingerprint density at radius 1 is 1.21 bits per heavy atom. The largest absolute Gasteiger partial charge is 0.497 e. The minimum atomic E-state index is 0.0138. The van der Waals surface area contributed by atoms with Crippen molar-refractivity contribution in [3.05, 3.63) is 81.5 Å². The monoisotopic (exact) mass is 392 g/mol. The number of benzene rings is 2. The van der Waals surface area contributed by atoms with Crippen LogP contribution in [-0.2, 0) is 17.8 Å². The zero-order chi connectivity index (χ0) is 19.5. The van der Waals surface area contributed by atoms with Crippen LogP contribution in [0.2, 0.25) is 0 Å². The van der Waals surface area contributed by atoms with Gasteiger partial charge in [-0.3, -0.25) is 4.79 Å². The van der Waals surface area contributed by atoms with Gasteiger partial charge in [-0.25, -0.2) is 0 Å². The normalized spacial score (nSPS) is 15.8. The number of anilines is 1. The van der Waals surface area contributed by atoms with Crippen molar-refractivity contribution in [3.63, 3.8) is 0 Å². The summed E-state index contributed by atoms with van der Waals surface area (Å²) in [6.45, 7) is 3.17. The number of nitrogens with zero attached hydrogens (tertiary/aromatic N) is 1. The molecule has 1 aromatic heterocycles. The van der Waals surface area contributed by atoms with E-state index in [4.69, 9.17) is 4.74 Å². The molecule has 0 spiro atoms. The topological polar surface area (TPSA) is 41.6 Å². The van der Waals surface area contributed by atoms with Gasteiger partial charge >= 0.3 is 0 Å². The van der Waals surface area contributed by atoms with E-state index < -0.39 is 0 Å². The summed E-state index contributed by atoms with van der Waals surface area (Å²) in [5, 5.41) is 5.59. The van der Waals surface area contributed by atoms with Crippen molar-refractivity contribution >= 4 is 22.9 Å². The first-order valence-electron chi connectivity index (χ1n) is 9.46. The molecule has 0 unspecified atom stereocenters. The van der Waals surface area contributed by atoms with Gasteiger partial charge in [0.25, 0.3) is 0 Å². The van der Waals surface area contributed by atoms with Crippen molar-refractivity contribution in [2.24, 2.45) is 0 Å². The van der Waals surface area contributed by atoms with Crippen LogP contribution in [0.4, 0.5) is 5.69 Å². The van der Waals surface area contributed by atoms with Gasteiger partial charge < -0.3 is 15.0 Å². The molecule has 1 atom stereocenters. The Kier molecular flexibility index (Phi) is 5.35. The Morgan fingerprint density at radius 2 is 2.04 bits per heavy atom. The highest BCUT2D eigenvalue weighted by atomic mass is 32.1. The molecule has 0 saturated heterocycles. The maximum Gasteiger partial charge on any atom is 0.220 e. The van der Waals surface area contributed by atoms with Gasteiger partial charge in [0.05, 0.1) is 13.2 Å². The summed E-state index contributed by atoms with van der Waals surface area (Å²) in [4.78, 5) is 15.6. The molecular formula is C23H24N2O2S. The number of ether oxygens (including phenoxy) is 1. The lowest BCUT2D eigenvalue weighted by Gasteiger charge is -2.35. The van der Waals surface area contributed by atoms with E-state index in [9.17, 15) is 4.79 Å². The van der Waals surface area contributed by atoms with Crippen molar-refractivity contribution in [2.75, 3.05) is 19.0 Å². The number of methoxy groups -OCH3 is 1. The number of carbonyl (C=O) groups is 1. The summed E-state index contributed by atoms with van der Waals surface area (Å²) in [5.41, 5.74) is 4.65. The predicted molar refractivity (Wildman–Crippen MR) is 114 cm³/mol. The van der Waals surface area contributed by atoms with E-state index in [0.717, 1.165) is 36.5 Å². The summed E-state index contributed by atoms with van der Waals surface area (Å²) in [5.74, 6) is 0.991. The zero-order valence-corrected chi connectivity index (χ0v) is 17.0. The fraction of sp³-hybridized carbons (Fsp3) is 0.261. The highest BCUT2D eigenvalue weighted by molar-refractivity contribution is 7.10. The molecule has 1 aliphatic rings. The lowest BCUT2D eigenvalue weighted by atomic mass is 9.93. The van der Waals surface area contributed by atoms with Gasteiger partial charge in [0.1, 0.15) is 5.75 Å². The van der Waals surface area contributed by atoms with Crippen LogP contribution in [0.5, 0.6) is 5.75 Å². The molecule has 1 amide bonds. The number of rotatable bonds is 5. The van der Waals surface area contributed by atoms with E-state index in [2.05, 4.69) is 47.1 Å². The van der Waals surface area contributed by atoms with Crippen LogP contribution in [0, 0.1) is 0 Å². The quantitative estimate of drug-likeness (QED) is 0.674. The summed E-state index contributed by atoms with van der Waals surface area (Å²) >= 11 is 1.79. The van der Waals surface area contributed by atoms with Crippen molar-refractivity contribution in [1.29, 1.82) is 0 Å². The fourth-order valence-corrected chi connectivity index (χ4v) is 4.69. The van der Waals surface area contributed by atoms with Crippen molar-refractivity contribution < 1.29 is 9.53 Å². The minimum Gasteiger partial charge on any atom is -0.497 e. The molecule has 1 aliphatic heterocycles. The van der Waals surface area contributed by atoms with Gasteiger partial charge in [-0.15, -0.1) is 11.3 Å². The van der Waals surface area contributed by atoms with Gasteiger partial charge in [0.15, 0.2) is 0 Å². The average molecular weight is 393 g/mol. The van der Waals surface area contributed by atoms with Crippen molar-refractivity contribution in [3.8, 4) is 5.75 Å². The molecule has 4 nitrogen and oxygen atoms in total. The van der Waals surface area contributed by atoms with Crippen LogP contribution in [-0.4, -0.2) is 24.5 Å². The first-order valence-corrected chi connectivity index (χ1v) is 10.3. The number of hydrogen-bond acceptors (Lipinski definition) is 4. The molecular weight excluding hydrogens is 368 g/mol. The van der Waals surface area contributed by atoms with Gasteiger partial charge in [0, 0.05) is 30.6 Å². The Morgan fingerprint density at radius 3 is 2.79 bits per heavy atom. The Labute approximate surface area is 169 Å². The minimum absolute atomic E-state index is 0.0138. The second-order valence-electron chi connectivity index (χ2n) is 6.99. The molecule has 0 aliphatic carbocycles. The SMILES string of the molecule is COc1cccc(CNc2ccc([C@H]3c4ccsc4CCN3C(C)=O)cc2)c1. The van der Waals surface area contributed by atoms with Gasteiger partial charge in [-0.2, -0.15) is 0 Å². The molecule has 4 rings (SSSR count). The lowest BCUT2D eigenvalue weighted by molar-refractivity contribution is -0.130. The maximum absolute atomic E-state index is 12.2. The Balaban J connectivity index is 1.51. The second kappa shape index (κ2) is 8.07. The third kappa shape index (κ3) is 3.76. The van der Waals surface area contributed by atoms with Gasteiger partial charge in [-0.05, 0) is 58.8 Å². The molecule has 2 heterocycles. The van der Waals surface area contributed by atoms with Crippen LogP contribution >= 0.6 is 11.3 Å². The Hall–Kier alpha value is -2.79. The smallest absolute Gasteiger partial charge is 0.220 e. The standard InChI is InChI=1S/C23H24N2O2S/c1-16(26)25-12-10-22-21(11-13-28-22)23(25)18-6-8-19(9-7-18)24-15-17-4-3-5-20(14-17)27-2/h3-9,11,13-14,23-24H,10,12,15H2,1-2H3/t23-/m0/s1. The van der Waals surface area contributed by atoms with E-state index in [-0.39, 0.29) is 11.9 Å². The highest BCUT2D eigenvalue weighted by Crippen LogP contribution is 2.38. The summed E-state index contributed by atoms with van der Waals surface area (Å²) < 4.78 is 5.28. The predicted octanol–water partition coefficient (Wildman–Crippen LogP) is 4.86. The first-order chi connectivity index (χ1) is 13.7. The number of thiophene rings is 1. The highest BCUT2D eigenvalue weighted by Gasteiger charge is 2.31. The van der Waals surface area contributed by atoms with E-state index in [1.807, 2.05) is 23.1 Å². The number of fused-ring (bicyclic) bond motifs is 1. The third-order valence-electron chi connectivity index (χ3n) is 5.23. The van der Waals surface area contributed by atoms with E-state index in [0.29, 0.717) is 0 Å². The van der Waals surface area contributed by atoms with Gasteiger partial charge in [-0.1, -0.05) is 24.3 Å². The summed E-state index contributed by atoms with van der Waals surface area (Å²) in [7, 11) is 1.68. The zero-order valence-electron chi connectivity index (χ0n) is 16.1. The molecule has 0 saturated carbocycles. The molecule has 1 N–H and O–H groups in total. The summed E-state index contributed by atoms with van der Waals surface area (Å²) in [6.07, 6.45) is 0.948. The number of amides is 1. The third-order valence-corrected chi connectivity index (χ3v) is 6.22. The molecule has 5 heteroatoms. The molecule has 0 fully saturated rings. The number of hydrogen-bond donors (Lipinski definition) is 1. The van der Waals surface area contributed by atoms with Crippen LogP contribution in [0.3, 0.4) is 0 Å². The molecule has 0 radical (unpaired) electrons. The second-order valence-corrected chi connectivity index (χ2v) is 7.99.